The standard InChI is InChI=1S/C29H20ClF4N3O2/c30-24-4-2-1-3-22(24)28-23-11-5-17(13-25(23)37(36-28)21-9-7-20(31)8-10-21)26(39)14-19(16-38)18-6-12-27(35-15-18)29(32,33)34/h1-13,15,19,38H,14,16H2/t19-/m0/s1. The first-order valence-corrected chi connectivity index (χ1v) is 12.2. The maximum Gasteiger partial charge on any atom is 0.433 e. The van der Waals surface area contributed by atoms with Crippen molar-refractivity contribution in [3.8, 4) is 16.9 Å². The fourth-order valence-electron chi connectivity index (χ4n) is 4.36. The van der Waals surface area contributed by atoms with Crippen LogP contribution >= 0.6 is 11.6 Å². The van der Waals surface area contributed by atoms with Crippen molar-refractivity contribution in [3.63, 3.8) is 0 Å². The van der Waals surface area contributed by atoms with Crippen LogP contribution in [0.5, 0.6) is 0 Å². The van der Waals surface area contributed by atoms with Crippen molar-refractivity contribution in [2.24, 2.45) is 0 Å². The second-order valence-corrected chi connectivity index (χ2v) is 9.34. The fraction of sp³-hybridized carbons (Fsp3) is 0.138. The SMILES string of the molecule is O=C(C[C@@H](CO)c1ccc(C(F)(F)F)nc1)c1ccc2c(-c3ccccc3Cl)nn(-c3ccc(F)cc3)c2c1. The molecule has 0 saturated heterocycles. The molecule has 198 valence electrons. The Hall–Kier alpha value is -4.08. The molecule has 0 amide bonds. The number of halogens is 5. The zero-order valence-corrected chi connectivity index (χ0v) is 20.9. The molecule has 2 aromatic heterocycles. The number of hydrogen-bond donors (Lipinski definition) is 1. The molecule has 0 radical (unpaired) electrons. The van der Waals surface area contributed by atoms with Gasteiger partial charge in [0.2, 0.25) is 0 Å². The van der Waals surface area contributed by atoms with Crippen LogP contribution in [0.4, 0.5) is 17.6 Å². The van der Waals surface area contributed by atoms with Crippen molar-refractivity contribution >= 4 is 28.3 Å². The van der Waals surface area contributed by atoms with Crippen molar-refractivity contribution in [2.45, 2.75) is 18.5 Å². The summed E-state index contributed by atoms with van der Waals surface area (Å²) >= 11 is 6.44. The number of hydrogen-bond acceptors (Lipinski definition) is 4. The number of aliphatic hydroxyl groups excluding tert-OH is 1. The van der Waals surface area contributed by atoms with Crippen LogP contribution < -0.4 is 0 Å². The van der Waals surface area contributed by atoms with E-state index in [1.54, 1.807) is 47.1 Å². The molecular formula is C29H20ClF4N3O2. The van der Waals surface area contributed by atoms with Crippen LogP contribution in [0.3, 0.4) is 0 Å². The number of aromatic nitrogens is 3. The predicted octanol–water partition coefficient (Wildman–Crippen LogP) is 7.25. The number of aliphatic hydroxyl groups is 1. The van der Waals surface area contributed by atoms with E-state index in [9.17, 15) is 27.5 Å². The third kappa shape index (κ3) is 5.41. The Balaban J connectivity index is 1.53. The van der Waals surface area contributed by atoms with E-state index in [2.05, 4.69) is 4.98 Å². The average Bonchev–Trinajstić information content (AvgIpc) is 3.30. The summed E-state index contributed by atoms with van der Waals surface area (Å²) in [6, 6.07) is 20.0. The molecular weight excluding hydrogens is 534 g/mol. The van der Waals surface area contributed by atoms with E-state index in [0.29, 0.717) is 44.0 Å². The van der Waals surface area contributed by atoms with E-state index in [-0.39, 0.29) is 12.2 Å². The Morgan fingerprint density at radius 3 is 2.38 bits per heavy atom. The first kappa shape index (κ1) is 26.5. The molecule has 1 N–H and O–H groups in total. The summed E-state index contributed by atoms with van der Waals surface area (Å²) in [4.78, 5) is 16.7. The number of fused-ring (bicyclic) bond motifs is 1. The first-order chi connectivity index (χ1) is 18.7. The lowest BCUT2D eigenvalue weighted by Gasteiger charge is -2.15. The van der Waals surface area contributed by atoms with Crippen molar-refractivity contribution < 1.29 is 27.5 Å². The van der Waals surface area contributed by atoms with Gasteiger partial charge in [-0.25, -0.2) is 9.07 Å². The Morgan fingerprint density at radius 2 is 1.74 bits per heavy atom. The molecule has 0 unspecified atom stereocenters. The number of Topliss-reactive ketones (excluding diaryl/α,β-unsaturated/α-hetero) is 1. The molecule has 39 heavy (non-hydrogen) atoms. The molecule has 10 heteroatoms. The van der Waals surface area contributed by atoms with Crippen LogP contribution in [0.15, 0.2) is 85.1 Å². The molecule has 0 aliphatic rings. The monoisotopic (exact) mass is 553 g/mol. The smallest absolute Gasteiger partial charge is 0.396 e. The molecule has 0 aliphatic carbocycles. The van der Waals surface area contributed by atoms with Gasteiger partial charge in [-0.1, -0.05) is 41.9 Å². The zero-order chi connectivity index (χ0) is 27.7. The average molecular weight is 554 g/mol. The van der Waals surface area contributed by atoms with Crippen molar-refractivity contribution in [1.29, 1.82) is 0 Å². The van der Waals surface area contributed by atoms with Crippen LogP contribution in [0.1, 0.15) is 34.0 Å². The summed E-state index contributed by atoms with van der Waals surface area (Å²) in [6.07, 6.45) is -3.72. The number of benzene rings is 3. The van der Waals surface area contributed by atoms with Crippen molar-refractivity contribution in [2.75, 3.05) is 6.61 Å². The van der Waals surface area contributed by atoms with Gasteiger partial charge in [-0.15, -0.1) is 0 Å². The lowest BCUT2D eigenvalue weighted by atomic mass is 9.92. The van der Waals surface area contributed by atoms with Gasteiger partial charge >= 0.3 is 6.18 Å². The number of nitrogens with zero attached hydrogens (tertiary/aromatic N) is 3. The number of carbonyl (C=O) groups is 1. The van der Waals surface area contributed by atoms with Gasteiger partial charge in [0, 0.05) is 35.0 Å². The predicted molar refractivity (Wildman–Crippen MR) is 139 cm³/mol. The lowest BCUT2D eigenvalue weighted by molar-refractivity contribution is -0.141. The molecule has 5 nitrogen and oxygen atoms in total. The number of pyridine rings is 1. The lowest BCUT2D eigenvalue weighted by Crippen LogP contribution is -2.13. The second kappa shape index (κ2) is 10.6. The summed E-state index contributed by atoms with van der Waals surface area (Å²) < 4.78 is 53.8. The highest BCUT2D eigenvalue weighted by atomic mass is 35.5. The van der Waals surface area contributed by atoms with E-state index in [1.807, 2.05) is 12.1 Å². The summed E-state index contributed by atoms with van der Waals surface area (Å²) in [5.41, 5.74) is 1.96. The normalized spacial score (nSPS) is 12.6. The minimum atomic E-state index is -4.59. The van der Waals surface area contributed by atoms with Gasteiger partial charge in [0.05, 0.1) is 22.8 Å². The minimum Gasteiger partial charge on any atom is -0.396 e. The topological polar surface area (TPSA) is 68.0 Å². The Bertz CT molecular complexity index is 1650. The Morgan fingerprint density at radius 1 is 1.00 bits per heavy atom. The van der Waals surface area contributed by atoms with Gasteiger partial charge in [-0.3, -0.25) is 9.78 Å². The molecule has 5 rings (SSSR count). The van der Waals surface area contributed by atoms with Gasteiger partial charge in [0.15, 0.2) is 5.78 Å². The van der Waals surface area contributed by atoms with Crippen molar-refractivity contribution in [3.05, 3.63) is 113 Å². The van der Waals surface area contributed by atoms with E-state index in [1.165, 1.54) is 18.2 Å². The van der Waals surface area contributed by atoms with E-state index < -0.39 is 30.2 Å². The van der Waals surface area contributed by atoms with Crippen LogP contribution in [-0.2, 0) is 6.18 Å². The molecule has 0 saturated carbocycles. The summed E-state index contributed by atoms with van der Waals surface area (Å²) in [5.74, 6) is -1.49. The van der Waals surface area contributed by atoms with Gasteiger partial charge in [-0.2, -0.15) is 18.3 Å². The molecule has 5 aromatic rings. The highest BCUT2D eigenvalue weighted by molar-refractivity contribution is 6.33. The van der Waals surface area contributed by atoms with Crippen molar-refractivity contribution in [1.82, 2.24) is 14.8 Å². The highest BCUT2D eigenvalue weighted by Crippen LogP contribution is 2.35. The van der Waals surface area contributed by atoms with E-state index in [0.717, 1.165) is 12.3 Å². The molecule has 0 fully saturated rings. The molecule has 2 heterocycles. The van der Waals surface area contributed by atoms with Gasteiger partial charge in [-0.05, 0) is 54.1 Å². The van der Waals surface area contributed by atoms with Crippen LogP contribution in [0.2, 0.25) is 5.02 Å². The number of rotatable bonds is 7. The second-order valence-electron chi connectivity index (χ2n) is 8.93. The van der Waals surface area contributed by atoms with Crippen LogP contribution in [-0.4, -0.2) is 32.3 Å². The van der Waals surface area contributed by atoms with Gasteiger partial charge in [0.25, 0.3) is 0 Å². The van der Waals surface area contributed by atoms with Crippen LogP contribution in [0, 0.1) is 5.82 Å². The molecule has 0 bridgehead atoms. The number of carbonyl (C=O) groups excluding carboxylic acids is 1. The largest absolute Gasteiger partial charge is 0.433 e. The third-order valence-electron chi connectivity index (χ3n) is 6.40. The minimum absolute atomic E-state index is 0.156. The highest BCUT2D eigenvalue weighted by Gasteiger charge is 2.32. The Kier molecular flexibility index (Phi) is 7.20. The maximum atomic E-state index is 13.6. The first-order valence-electron chi connectivity index (χ1n) is 11.9. The molecule has 3 aromatic carbocycles. The number of alkyl halides is 3. The fourth-order valence-corrected chi connectivity index (χ4v) is 4.59. The summed E-state index contributed by atoms with van der Waals surface area (Å²) in [5, 5.41) is 15.8. The summed E-state index contributed by atoms with van der Waals surface area (Å²) in [6.45, 7) is -0.453. The van der Waals surface area contributed by atoms with Gasteiger partial charge in [0.1, 0.15) is 17.2 Å². The molecule has 0 spiro atoms. The van der Waals surface area contributed by atoms with E-state index in [4.69, 9.17) is 16.7 Å². The number of ketones is 1. The Labute approximate surface area is 225 Å². The maximum absolute atomic E-state index is 13.6. The molecule has 0 aliphatic heterocycles. The van der Waals surface area contributed by atoms with Crippen LogP contribution in [0.25, 0.3) is 27.8 Å². The summed E-state index contributed by atoms with van der Waals surface area (Å²) in [7, 11) is 0. The molecule has 1 atom stereocenters. The third-order valence-corrected chi connectivity index (χ3v) is 6.73. The zero-order valence-electron chi connectivity index (χ0n) is 20.2. The van der Waals surface area contributed by atoms with E-state index >= 15 is 0 Å². The van der Waals surface area contributed by atoms with Gasteiger partial charge < -0.3 is 5.11 Å². The quantitative estimate of drug-likeness (QED) is 0.170.